The summed E-state index contributed by atoms with van der Waals surface area (Å²) in [6.07, 6.45) is 2.62. The first-order chi connectivity index (χ1) is 7.56. The highest BCUT2D eigenvalue weighted by atomic mass is 16.1. The second-order valence-corrected chi connectivity index (χ2v) is 4.74. The van der Waals surface area contributed by atoms with Gasteiger partial charge in [-0.1, -0.05) is 0 Å². The van der Waals surface area contributed by atoms with Crippen molar-refractivity contribution in [1.29, 1.82) is 5.26 Å². The third kappa shape index (κ3) is 1.99. The van der Waals surface area contributed by atoms with E-state index in [1.165, 1.54) is 0 Å². The average Bonchev–Trinajstić information content (AvgIpc) is 2.93. The van der Waals surface area contributed by atoms with E-state index >= 15 is 0 Å². The van der Waals surface area contributed by atoms with Gasteiger partial charge >= 0.3 is 5.69 Å². The first kappa shape index (κ1) is 10.9. The Kier molecular flexibility index (Phi) is 2.55. The molecule has 0 atom stereocenters. The first-order valence-electron chi connectivity index (χ1n) is 5.48. The van der Waals surface area contributed by atoms with Crippen molar-refractivity contribution < 1.29 is 0 Å². The zero-order valence-corrected chi connectivity index (χ0v) is 9.66. The smallest absolute Gasteiger partial charge is 0.296 e. The second kappa shape index (κ2) is 3.75. The summed E-state index contributed by atoms with van der Waals surface area (Å²) in [5, 5.41) is 8.75. The minimum Gasteiger partial charge on any atom is -0.296 e. The lowest BCUT2D eigenvalue weighted by atomic mass is 10.0. The fourth-order valence-electron chi connectivity index (χ4n) is 2.04. The Hall–Kier alpha value is -1.63. The Labute approximate surface area is 94.5 Å². The van der Waals surface area contributed by atoms with Crippen molar-refractivity contribution in [1.82, 2.24) is 9.55 Å². The van der Waals surface area contributed by atoms with Gasteiger partial charge < -0.3 is 0 Å². The number of aryl methyl sites for hydroxylation is 2. The molecule has 0 aliphatic heterocycles. The lowest BCUT2D eigenvalue weighted by Gasteiger charge is -2.15. The van der Waals surface area contributed by atoms with E-state index < -0.39 is 0 Å². The molecule has 0 saturated heterocycles. The Morgan fingerprint density at radius 1 is 1.56 bits per heavy atom. The van der Waals surface area contributed by atoms with Gasteiger partial charge in [-0.3, -0.25) is 4.57 Å². The molecular weight excluding hydrogens is 202 g/mol. The molecule has 0 aromatic carbocycles. The van der Waals surface area contributed by atoms with Crippen LogP contribution in [0.3, 0.4) is 0 Å². The molecule has 0 radical (unpaired) electrons. The first-order valence-corrected chi connectivity index (χ1v) is 5.48. The maximum absolute atomic E-state index is 11.7. The van der Waals surface area contributed by atoms with Crippen LogP contribution in [0.1, 0.15) is 30.7 Å². The van der Waals surface area contributed by atoms with Crippen LogP contribution in [0, 0.1) is 30.6 Å². The molecule has 1 heterocycles. The number of nitrogens with zero attached hydrogens (tertiary/aromatic N) is 3. The second-order valence-electron chi connectivity index (χ2n) is 4.74. The van der Waals surface area contributed by atoms with Crippen molar-refractivity contribution in [3.05, 3.63) is 27.9 Å². The molecule has 1 saturated carbocycles. The fraction of sp³-hybridized carbons (Fsp3) is 0.583. The monoisotopic (exact) mass is 217 g/mol. The lowest BCUT2D eigenvalue weighted by Crippen LogP contribution is -2.29. The van der Waals surface area contributed by atoms with E-state index in [1.807, 2.05) is 19.9 Å². The van der Waals surface area contributed by atoms with Gasteiger partial charge in [-0.05, 0) is 32.8 Å². The fourth-order valence-corrected chi connectivity index (χ4v) is 2.04. The Bertz CT molecular complexity index is 506. The van der Waals surface area contributed by atoms with Gasteiger partial charge in [0.15, 0.2) is 0 Å². The molecule has 1 fully saturated rings. The van der Waals surface area contributed by atoms with Gasteiger partial charge in [0, 0.05) is 29.8 Å². The molecule has 1 aliphatic rings. The van der Waals surface area contributed by atoms with Gasteiger partial charge in [0.2, 0.25) is 0 Å². The van der Waals surface area contributed by atoms with Crippen LogP contribution in [0.2, 0.25) is 0 Å². The minimum absolute atomic E-state index is 0.0419. The summed E-state index contributed by atoms with van der Waals surface area (Å²) in [4.78, 5) is 15.7. The SMILES string of the molecule is Cc1cc(C)n(CC2(CC#N)CC2)c(=O)n1. The number of aromatic nitrogens is 2. The third-order valence-electron chi connectivity index (χ3n) is 3.25. The van der Waals surface area contributed by atoms with Crippen LogP contribution in [-0.2, 0) is 6.54 Å². The van der Waals surface area contributed by atoms with Gasteiger partial charge in [-0.2, -0.15) is 10.2 Å². The van der Waals surface area contributed by atoms with Crippen molar-refractivity contribution in [3.8, 4) is 6.07 Å². The largest absolute Gasteiger partial charge is 0.347 e. The van der Waals surface area contributed by atoms with Crippen LogP contribution < -0.4 is 5.69 Å². The molecule has 1 aromatic rings. The normalized spacial score (nSPS) is 16.8. The third-order valence-corrected chi connectivity index (χ3v) is 3.25. The number of rotatable bonds is 3. The quantitative estimate of drug-likeness (QED) is 0.771. The van der Waals surface area contributed by atoms with Crippen molar-refractivity contribution in [2.75, 3.05) is 0 Å². The van der Waals surface area contributed by atoms with Gasteiger partial charge in [0.05, 0.1) is 6.07 Å². The van der Waals surface area contributed by atoms with Crippen LogP contribution >= 0.6 is 0 Å². The summed E-state index contributed by atoms with van der Waals surface area (Å²) < 4.78 is 1.69. The van der Waals surface area contributed by atoms with E-state index in [9.17, 15) is 4.79 Å². The molecule has 4 nitrogen and oxygen atoms in total. The molecular formula is C12H15N3O. The van der Waals surface area contributed by atoms with Crippen LogP contribution in [0.15, 0.2) is 10.9 Å². The van der Waals surface area contributed by atoms with E-state index in [0.717, 1.165) is 24.2 Å². The van der Waals surface area contributed by atoms with E-state index in [1.54, 1.807) is 4.57 Å². The standard InChI is InChI=1S/C12H15N3O/c1-9-7-10(2)15(11(16)14-9)8-12(3-4-12)5-6-13/h7H,3-5,8H2,1-2H3. The summed E-state index contributed by atoms with van der Waals surface area (Å²) in [5.74, 6) is 0. The van der Waals surface area contributed by atoms with E-state index in [-0.39, 0.29) is 11.1 Å². The molecule has 2 rings (SSSR count). The molecule has 16 heavy (non-hydrogen) atoms. The zero-order valence-electron chi connectivity index (χ0n) is 9.66. The van der Waals surface area contributed by atoms with Gasteiger partial charge in [0.1, 0.15) is 0 Å². The molecule has 0 unspecified atom stereocenters. The maximum Gasteiger partial charge on any atom is 0.347 e. The minimum atomic E-state index is -0.193. The molecule has 1 aromatic heterocycles. The molecule has 0 amide bonds. The number of nitriles is 1. The lowest BCUT2D eigenvalue weighted by molar-refractivity contribution is 0.412. The maximum atomic E-state index is 11.7. The van der Waals surface area contributed by atoms with Crippen LogP contribution in [0.25, 0.3) is 0 Å². The van der Waals surface area contributed by atoms with E-state index in [4.69, 9.17) is 5.26 Å². The zero-order chi connectivity index (χ0) is 11.8. The highest BCUT2D eigenvalue weighted by molar-refractivity contribution is 5.09. The van der Waals surface area contributed by atoms with E-state index in [2.05, 4.69) is 11.1 Å². The van der Waals surface area contributed by atoms with Crippen molar-refractivity contribution in [2.45, 2.75) is 39.7 Å². The summed E-state index contributed by atoms with van der Waals surface area (Å²) in [7, 11) is 0. The molecule has 0 spiro atoms. The summed E-state index contributed by atoms with van der Waals surface area (Å²) >= 11 is 0. The number of hydrogen-bond donors (Lipinski definition) is 0. The van der Waals surface area contributed by atoms with Crippen LogP contribution in [-0.4, -0.2) is 9.55 Å². The molecule has 4 heteroatoms. The Morgan fingerprint density at radius 3 is 2.75 bits per heavy atom. The molecule has 0 bridgehead atoms. The van der Waals surface area contributed by atoms with Crippen molar-refractivity contribution in [2.24, 2.45) is 5.41 Å². The summed E-state index contributed by atoms with van der Waals surface area (Å²) in [5.41, 5.74) is 1.53. The summed E-state index contributed by atoms with van der Waals surface area (Å²) in [6, 6.07) is 4.11. The van der Waals surface area contributed by atoms with Crippen molar-refractivity contribution in [3.63, 3.8) is 0 Å². The molecule has 1 aliphatic carbocycles. The van der Waals surface area contributed by atoms with Gasteiger partial charge in [0.25, 0.3) is 0 Å². The van der Waals surface area contributed by atoms with Crippen molar-refractivity contribution >= 4 is 0 Å². The average molecular weight is 217 g/mol. The van der Waals surface area contributed by atoms with Crippen LogP contribution in [0.4, 0.5) is 0 Å². The number of hydrogen-bond acceptors (Lipinski definition) is 3. The highest BCUT2D eigenvalue weighted by Crippen LogP contribution is 2.49. The molecule has 0 N–H and O–H groups in total. The van der Waals surface area contributed by atoms with Gasteiger partial charge in [-0.15, -0.1) is 0 Å². The summed E-state index contributed by atoms with van der Waals surface area (Å²) in [6.45, 7) is 4.37. The van der Waals surface area contributed by atoms with E-state index in [0.29, 0.717) is 13.0 Å². The van der Waals surface area contributed by atoms with Gasteiger partial charge in [-0.25, -0.2) is 4.79 Å². The Balaban J connectivity index is 2.29. The topological polar surface area (TPSA) is 58.7 Å². The Morgan fingerprint density at radius 2 is 2.25 bits per heavy atom. The van der Waals surface area contributed by atoms with Crippen LogP contribution in [0.5, 0.6) is 0 Å². The highest BCUT2D eigenvalue weighted by Gasteiger charge is 2.43. The predicted molar refractivity (Wildman–Crippen MR) is 59.9 cm³/mol. The molecule has 84 valence electrons. The predicted octanol–water partition coefficient (Wildman–Crippen LogP) is 1.55.